The number of piperazine rings is 1. The molecule has 1 aromatic carbocycles. The Bertz CT molecular complexity index is 724. The van der Waals surface area contributed by atoms with Crippen molar-refractivity contribution >= 4 is 29.1 Å². The van der Waals surface area contributed by atoms with Crippen LogP contribution in [0.5, 0.6) is 0 Å². The Hall–Kier alpha value is -1.83. The largest absolute Gasteiger partial charge is 0.369 e. The highest BCUT2D eigenvalue weighted by molar-refractivity contribution is 6.30. The number of hydrogen-bond donors (Lipinski definition) is 2. The molecule has 2 fully saturated rings. The number of nitrogens with zero attached hydrogens (tertiary/aromatic N) is 3. The van der Waals surface area contributed by atoms with Crippen molar-refractivity contribution in [3.63, 3.8) is 0 Å². The van der Waals surface area contributed by atoms with Gasteiger partial charge in [0.05, 0.1) is 6.54 Å². The third kappa shape index (κ3) is 7.66. The van der Waals surface area contributed by atoms with Crippen molar-refractivity contribution < 1.29 is 9.59 Å². The van der Waals surface area contributed by atoms with Crippen LogP contribution in [-0.4, -0.2) is 80.0 Å². The van der Waals surface area contributed by atoms with Gasteiger partial charge in [-0.1, -0.05) is 17.7 Å². The quantitative estimate of drug-likeness (QED) is 0.719. The second-order valence-electron chi connectivity index (χ2n) is 8.55. The van der Waals surface area contributed by atoms with E-state index in [-0.39, 0.29) is 24.4 Å². The van der Waals surface area contributed by atoms with Crippen molar-refractivity contribution in [2.45, 2.75) is 44.6 Å². The van der Waals surface area contributed by atoms with E-state index >= 15 is 0 Å². The fourth-order valence-corrected chi connectivity index (χ4v) is 4.63. The maximum absolute atomic E-state index is 12.4. The number of halogens is 1. The zero-order valence-electron chi connectivity index (χ0n) is 18.4. The fraction of sp³-hybridized carbons (Fsp3) is 0.652. The van der Waals surface area contributed by atoms with Gasteiger partial charge in [0.25, 0.3) is 0 Å². The highest BCUT2D eigenvalue weighted by Gasteiger charge is 2.21. The van der Waals surface area contributed by atoms with Crippen LogP contribution in [0.1, 0.15) is 38.5 Å². The number of carbonyl (C=O) groups excluding carboxylic acids is 2. The number of nitrogens with two attached hydrogens (primary N) is 1. The normalized spacial score (nSPS) is 22.0. The SMILES string of the molecule is NCC(=O)N1CCCC[C@H](CCN2CCN(c3cccc(Cl)c3)CC2)NC(=O)CCC1. The molecular formula is C23H36ClN5O2. The molecule has 31 heavy (non-hydrogen) atoms. The number of rotatable bonds is 5. The van der Waals surface area contributed by atoms with E-state index in [1.54, 1.807) is 0 Å². The van der Waals surface area contributed by atoms with Crippen LogP contribution in [0.15, 0.2) is 24.3 Å². The van der Waals surface area contributed by atoms with Gasteiger partial charge in [0.1, 0.15) is 0 Å². The molecule has 0 saturated carbocycles. The minimum Gasteiger partial charge on any atom is -0.369 e. The lowest BCUT2D eigenvalue weighted by Gasteiger charge is -2.36. The third-order valence-electron chi connectivity index (χ3n) is 6.29. The van der Waals surface area contributed by atoms with Gasteiger partial charge in [-0.2, -0.15) is 0 Å². The Kier molecular flexibility index (Phi) is 9.43. The minimum atomic E-state index is -0.0203. The van der Waals surface area contributed by atoms with E-state index in [0.29, 0.717) is 19.4 Å². The van der Waals surface area contributed by atoms with E-state index in [0.717, 1.165) is 70.0 Å². The van der Waals surface area contributed by atoms with Crippen molar-refractivity contribution in [2.75, 3.05) is 57.3 Å². The van der Waals surface area contributed by atoms with Crippen LogP contribution in [0, 0.1) is 0 Å². The van der Waals surface area contributed by atoms with Crippen LogP contribution in [0.3, 0.4) is 0 Å². The molecule has 3 N–H and O–H groups in total. The summed E-state index contributed by atoms with van der Waals surface area (Å²) in [6, 6.07) is 8.25. The van der Waals surface area contributed by atoms with Gasteiger partial charge >= 0.3 is 0 Å². The first-order valence-corrected chi connectivity index (χ1v) is 11.9. The Balaban J connectivity index is 1.44. The van der Waals surface area contributed by atoms with Crippen LogP contribution in [0.4, 0.5) is 5.69 Å². The molecule has 1 aromatic rings. The van der Waals surface area contributed by atoms with Gasteiger partial charge in [-0.15, -0.1) is 0 Å². The van der Waals surface area contributed by atoms with Gasteiger partial charge in [0.2, 0.25) is 11.8 Å². The zero-order valence-corrected chi connectivity index (χ0v) is 19.2. The number of carbonyl (C=O) groups is 2. The van der Waals surface area contributed by atoms with Crippen LogP contribution in [-0.2, 0) is 9.59 Å². The van der Waals surface area contributed by atoms with E-state index in [1.807, 2.05) is 23.1 Å². The van der Waals surface area contributed by atoms with E-state index in [4.69, 9.17) is 17.3 Å². The van der Waals surface area contributed by atoms with Gasteiger partial charge in [-0.25, -0.2) is 0 Å². The summed E-state index contributed by atoms with van der Waals surface area (Å²) >= 11 is 6.13. The second kappa shape index (κ2) is 12.3. The average Bonchev–Trinajstić information content (AvgIpc) is 2.82. The van der Waals surface area contributed by atoms with Crippen LogP contribution in [0.2, 0.25) is 5.02 Å². The molecular weight excluding hydrogens is 414 g/mol. The van der Waals surface area contributed by atoms with Crippen molar-refractivity contribution in [1.29, 1.82) is 0 Å². The van der Waals surface area contributed by atoms with Crippen molar-refractivity contribution in [3.8, 4) is 0 Å². The minimum absolute atomic E-state index is 0.0203. The van der Waals surface area contributed by atoms with E-state index in [2.05, 4.69) is 21.2 Å². The lowest BCUT2D eigenvalue weighted by molar-refractivity contribution is -0.130. The van der Waals surface area contributed by atoms with Crippen LogP contribution < -0.4 is 16.0 Å². The molecule has 3 rings (SSSR count). The molecule has 8 heteroatoms. The summed E-state index contributed by atoms with van der Waals surface area (Å²) in [6.07, 6.45) is 5.03. The summed E-state index contributed by atoms with van der Waals surface area (Å²) in [5.41, 5.74) is 6.70. The predicted molar refractivity (Wildman–Crippen MR) is 125 cm³/mol. The fourth-order valence-electron chi connectivity index (χ4n) is 4.44. The molecule has 1 atom stereocenters. The van der Waals surface area contributed by atoms with Gasteiger partial charge in [0.15, 0.2) is 0 Å². The Morgan fingerprint density at radius 2 is 1.87 bits per heavy atom. The maximum atomic E-state index is 12.4. The molecule has 0 spiro atoms. The highest BCUT2D eigenvalue weighted by Crippen LogP contribution is 2.21. The monoisotopic (exact) mass is 449 g/mol. The molecule has 172 valence electrons. The first kappa shape index (κ1) is 23.8. The second-order valence-corrected chi connectivity index (χ2v) is 8.98. The number of hydrogen-bond acceptors (Lipinski definition) is 5. The maximum Gasteiger partial charge on any atom is 0.236 e. The molecule has 2 aliphatic heterocycles. The third-order valence-corrected chi connectivity index (χ3v) is 6.53. The van der Waals surface area contributed by atoms with E-state index < -0.39 is 0 Å². The lowest BCUT2D eigenvalue weighted by atomic mass is 10.1. The molecule has 0 radical (unpaired) electrons. The van der Waals surface area contributed by atoms with Crippen LogP contribution >= 0.6 is 11.6 Å². The molecule has 7 nitrogen and oxygen atoms in total. The summed E-state index contributed by atoms with van der Waals surface area (Å²) in [7, 11) is 0. The van der Waals surface area contributed by atoms with E-state index in [1.165, 1.54) is 5.69 Å². The molecule has 0 aliphatic carbocycles. The molecule has 2 heterocycles. The van der Waals surface area contributed by atoms with Gasteiger partial charge < -0.3 is 20.9 Å². The topological polar surface area (TPSA) is 81.9 Å². The Morgan fingerprint density at radius 3 is 2.61 bits per heavy atom. The van der Waals surface area contributed by atoms with Gasteiger partial charge in [-0.3, -0.25) is 14.5 Å². The van der Waals surface area contributed by atoms with E-state index in [9.17, 15) is 9.59 Å². The molecule has 0 unspecified atom stereocenters. The first-order chi connectivity index (χ1) is 15.0. The molecule has 2 saturated heterocycles. The summed E-state index contributed by atoms with van der Waals surface area (Å²) in [4.78, 5) is 31.0. The predicted octanol–water partition coefficient (Wildman–Crippen LogP) is 2.09. The Morgan fingerprint density at radius 1 is 1.10 bits per heavy atom. The van der Waals surface area contributed by atoms with Gasteiger partial charge in [0, 0.05) is 69.0 Å². The number of anilines is 1. The first-order valence-electron chi connectivity index (χ1n) is 11.5. The molecule has 2 amide bonds. The van der Waals surface area contributed by atoms with Crippen molar-refractivity contribution in [1.82, 2.24) is 15.1 Å². The zero-order chi connectivity index (χ0) is 22.1. The average molecular weight is 450 g/mol. The summed E-state index contributed by atoms with van der Waals surface area (Å²) < 4.78 is 0. The lowest BCUT2D eigenvalue weighted by Crippen LogP contribution is -2.48. The summed E-state index contributed by atoms with van der Waals surface area (Å²) in [5.74, 6) is 0.0749. The van der Waals surface area contributed by atoms with Gasteiger partial charge in [-0.05, 0) is 50.3 Å². The Labute approximate surface area is 190 Å². The smallest absolute Gasteiger partial charge is 0.236 e. The standard InChI is InChI=1S/C23H36ClN5O2/c24-19-5-3-7-21(17-19)28-15-13-27(14-16-28)12-9-20-6-1-2-10-29(23(31)18-25)11-4-8-22(30)26-20/h3,5,7,17,20H,1-2,4,6,8-16,18,25H2,(H,26,30)/t20-/m1/s1. The summed E-state index contributed by atoms with van der Waals surface area (Å²) in [5, 5.41) is 4.01. The number of benzene rings is 1. The van der Waals surface area contributed by atoms with Crippen LogP contribution in [0.25, 0.3) is 0 Å². The van der Waals surface area contributed by atoms with Crippen molar-refractivity contribution in [2.24, 2.45) is 5.73 Å². The number of amides is 2. The molecule has 2 aliphatic rings. The summed E-state index contributed by atoms with van der Waals surface area (Å²) in [6.45, 7) is 6.40. The molecule has 0 aromatic heterocycles. The highest BCUT2D eigenvalue weighted by atomic mass is 35.5. The number of nitrogens with one attached hydrogen (secondary N) is 1. The molecule has 0 bridgehead atoms. The van der Waals surface area contributed by atoms with Crippen molar-refractivity contribution in [3.05, 3.63) is 29.3 Å².